The van der Waals surface area contributed by atoms with E-state index < -0.39 is 0 Å². The van der Waals surface area contributed by atoms with Crippen molar-refractivity contribution in [2.75, 3.05) is 13.1 Å². The van der Waals surface area contributed by atoms with Gasteiger partial charge >= 0.3 is 0 Å². The molecule has 0 amide bonds. The van der Waals surface area contributed by atoms with Crippen molar-refractivity contribution < 1.29 is 4.42 Å². The van der Waals surface area contributed by atoms with Crippen LogP contribution in [-0.4, -0.2) is 18.0 Å². The number of nitrogens with zero attached hydrogens (tertiary/aromatic N) is 1. The van der Waals surface area contributed by atoms with Gasteiger partial charge < -0.3 is 10.2 Å². The monoisotopic (exact) mass is 272 g/mol. The average molecular weight is 272 g/mol. The molecule has 0 saturated heterocycles. The highest BCUT2D eigenvalue weighted by atomic mass is 16.3. The van der Waals surface area contributed by atoms with Crippen LogP contribution in [0.3, 0.4) is 0 Å². The van der Waals surface area contributed by atoms with Crippen LogP contribution in [0.25, 0.3) is 0 Å². The molecule has 3 nitrogen and oxygen atoms in total. The van der Waals surface area contributed by atoms with Crippen LogP contribution in [0.4, 0.5) is 0 Å². The molecule has 2 rings (SSSR count). The summed E-state index contributed by atoms with van der Waals surface area (Å²) in [6.45, 7) is 8.68. The van der Waals surface area contributed by atoms with Crippen molar-refractivity contribution in [3.63, 3.8) is 0 Å². The van der Waals surface area contributed by atoms with Gasteiger partial charge in [0.1, 0.15) is 11.5 Å². The molecule has 1 unspecified atom stereocenters. The highest BCUT2D eigenvalue weighted by Gasteiger charge is 2.19. The Morgan fingerprint density at radius 2 is 1.90 bits per heavy atom. The van der Waals surface area contributed by atoms with E-state index in [1.54, 1.807) is 0 Å². The van der Waals surface area contributed by atoms with Gasteiger partial charge in [-0.2, -0.15) is 0 Å². The lowest BCUT2D eigenvalue weighted by atomic mass is 10.1. The molecular weight excluding hydrogens is 248 g/mol. The van der Waals surface area contributed by atoms with Gasteiger partial charge in [0, 0.05) is 31.2 Å². The summed E-state index contributed by atoms with van der Waals surface area (Å²) in [5.74, 6) is 1.97. The third-order valence-corrected chi connectivity index (χ3v) is 3.72. The SMILES string of the molecule is Cc1cc(C(C)N(CCN)Cc2ccccc2)c(C)o1. The van der Waals surface area contributed by atoms with Crippen LogP contribution in [0.5, 0.6) is 0 Å². The first kappa shape index (κ1) is 14.8. The minimum atomic E-state index is 0.302. The molecule has 108 valence electrons. The second-order valence-electron chi connectivity index (χ2n) is 5.29. The van der Waals surface area contributed by atoms with Crippen molar-refractivity contribution in [2.45, 2.75) is 33.4 Å². The van der Waals surface area contributed by atoms with Gasteiger partial charge in [0.05, 0.1) is 0 Å². The third-order valence-electron chi connectivity index (χ3n) is 3.72. The summed E-state index contributed by atoms with van der Waals surface area (Å²) in [5, 5.41) is 0. The molecule has 0 aliphatic heterocycles. The summed E-state index contributed by atoms with van der Waals surface area (Å²) in [4.78, 5) is 2.40. The predicted molar refractivity (Wildman–Crippen MR) is 82.5 cm³/mol. The Bertz CT molecular complexity index is 533. The van der Waals surface area contributed by atoms with Gasteiger partial charge in [0.15, 0.2) is 0 Å². The zero-order valence-electron chi connectivity index (χ0n) is 12.6. The molecule has 0 radical (unpaired) electrons. The first-order chi connectivity index (χ1) is 9.61. The van der Waals surface area contributed by atoms with Crippen molar-refractivity contribution >= 4 is 0 Å². The first-order valence-corrected chi connectivity index (χ1v) is 7.16. The molecule has 0 spiro atoms. The summed E-state index contributed by atoms with van der Waals surface area (Å²) >= 11 is 0. The normalized spacial score (nSPS) is 12.8. The molecule has 2 aromatic rings. The Hall–Kier alpha value is -1.58. The van der Waals surface area contributed by atoms with Crippen molar-refractivity contribution in [1.29, 1.82) is 0 Å². The minimum Gasteiger partial charge on any atom is -0.466 e. The van der Waals surface area contributed by atoms with Crippen molar-refractivity contribution in [1.82, 2.24) is 4.90 Å². The number of aryl methyl sites for hydroxylation is 2. The lowest BCUT2D eigenvalue weighted by molar-refractivity contribution is 0.206. The summed E-state index contributed by atoms with van der Waals surface area (Å²) in [6.07, 6.45) is 0. The molecule has 0 aliphatic rings. The number of furan rings is 1. The first-order valence-electron chi connectivity index (χ1n) is 7.16. The van der Waals surface area contributed by atoms with E-state index in [-0.39, 0.29) is 0 Å². The van der Waals surface area contributed by atoms with Crippen LogP contribution in [0.15, 0.2) is 40.8 Å². The maximum atomic E-state index is 5.78. The lowest BCUT2D eigenvalue weighted by Crippen LogP contribution is -2.31. The van der Waals surface area contributed by atoms with Crippen LogP contribution < -0.4 is 5.73 Å². The van der Waals surface area contributed by atoms with E-state index in [1.165, 1.54) is 11.1 Å². The third kappa shape index (κ3) is 3.50. The largest absolute Gasteiger partial charge is 0.466 e. The van der Waals surface area contributed by atoms with Gasteiger partial charge in [-0.15, -0.1) is 0 Å². The number of nitrogens with two attached hydrogens (primary N) is 1. The molecule has 3 heteroatoms. The Morgan fingerprint density at radius 3 is 2.45 bits per heavy atom. The van der Waals surface area contributed by atoms with Gasteiger partial charge in [0.25, 0.3) is 0 Å². The standard InChI is InChI=1S/C17H24N2O/c1-13-11-17(15(3)20-13)14(2)19(10-9-18)12-16-7-5-4-6-8-16/h4-8,11,14H,9-10,12,18H2,1-3H3. The fourth-order valence-corrected chi connectivity index (χ4v) is 2.66. The lowest BCUT2D eigenvalue weighted by Gasteiger charge is -2.28. The second kappa shape index (κ2) is 6.73. The number of rotatable bonds is 6. The number of hydrogen-bond acceptors (Lipinski definition) is 3. The van der Waals surface area contributed by atoms with Crippen LogP contribution >= 0.6 is 0 Å². The molecule has 0 aliphatic carbocycles. The molecule has 1 atom stereocenters. The zero-order chi connectivity index (χ0) is 14.5. The van der Waals surface area contributed by atoms with Gasteiger partial charge in [-0.1, -0.05) is 30.3 Å². The average Bonchev–Trinajstić information content (AvgIpc) is 2.77. The van der Waals surface area contributed by atoms with Crippen molar-refractivity contribution in [2.24, 2.45) is 5.73 Å². The van der Waals surface area contributed by atoms with E-state index in [2.05, 4.69) is 42.2 Å². The maximum Gasteiger partial charge on any atom is 0.105 e. The molecule has 1 heterocycles. The fourth-order valence-electron chi connectivity index (χ4n) is 2.66. The van der Waals surface area contributed by atoms with E-state index in [0.29, 0.717) is 12.6 Å². The van der Waals surface area contributed by atoms with E-state index in [9.17, 15) is 0 Å². The topological polar surface area (TPSA) is 42.4 Å². The van der Waals surface area contributed by atoms with Crippen LogP contribution in [0.1, 0.15) is 35.6 Å². The highest BCUT2D eigenvalue weighted by Crippen LogP contribution is 2.27. The molecule has 1 aromatic heterocycles. The van der Waals surface area contributed by atoms with Gasteiger partial charge in [-0.3, -0.25) is 4.90 Å². The summed E-state index contributed by atoms with van der Waals surface area (Å²) < 4.78 is 5.66. The predicted octanol–water partition coefficient (Wildman–Crippen LogP) is 3.42. The van der Waals surface area contributed by atoms with Crippen LogP contribution in [0, 0.1) is 13.8 Å². The Balaban J connectivity index is 2.17. The maximum absolute atomic E-state index is 5.78. The van der Waals surface area contributed by atoms with E-state index in [4.69, 9.17) is 10.2 Å². The molecule has 0 bridgehead atoms. The molecule has 0 fully saturated rings. The molecule has 0 saturated carbocycles. The smallest absolute Gasteiger partial charge is 0.105 e. The van der Waals surface area contributed by atoms with Gasteiger partial charge in [-0.05, 0) is 32.4 Å². The molecule has 1 aromatic carbocycles. The van der Waals surface area contributed by atoms with Crippen LogP contribution in [-0.2, 0) is 6.54 Å². The highest BCUT2D eigenvalue weighted by molar-refractivity contribution is 5.24. The second-order valence-corrected chi connectivity index (χ2v) is 5.29. The molecular formula is C17H24N2O. The fraction of sp³-hybridized carbons (Fsp3) is 0.412. The van der Waals surface area contributed by atoms with E-state index in [1.807, 2.05) is 19.9 Å². The van der Waals surface area contributed by atoms with Crippen molar-refractivity contribution in [3.05, 3.63) is 59.0 Å². The van der Waals surface area contributed by atoms with Crippen molar-refractivity contribution in [3.8, 4) is 0 Å². The van der Waals surface area contributed by atoms with Gasteiger partial charge in [0.2, 0.25) is 0 Å². The Labute approximate surface area is 121 Å². The minimum absolute atomic E-state index is 0.302. The Kier molecular flexibility index (Phi) is 4.99. The molecule has 2 N–H and O–H groups in total. The summed E-state index contributed by atoms with van der Waals surface area (Å²) in [7, 11) is 0. The zero-order valence-corrected chi connectivity index (χ0v) is 12.6. The van der Waals surface area contributed by atoms with E-state index in [0.717, 1.165) is 24.6 Å². The summed E-state index contributed by atoms with van der Waals surface area (Å²) in [6, 6.07) is 12.9. The summed E-state index contributed by atoms with van der Waals surface area (Å²) in [5.41, 5.74) is 8.34. The number of hydrogen-bond donors (Lipinski definition) is 1. The quantitative estimate of drug-likeness (QED) is 0.876. The molecule has 20 heavy (non-hydrogen) atoms. The van der Waals surface area contributed by atoms with Gasteiger partial charge in [-0.25, -0.2) is 0 Å². The van der Waals surface area contributed by atoms with Crippen LogP contribution in [0.2, 0.25) is 0 Å². The van der Waals surface area contributed by atoms with E-state index >= 15 is 0 Å². The number of benzene rings is 1. The Morgan fingerprint density at radius 1 is 1.20 bits per heavy atom.